The van der Waals surface area contributed by atoms with Crippen LogP contribution in [-0.2, 0) is 4.79 Å². The summed E-state index contributed by atoms with van der Waals surface area (Å²) in [6.45, 7) is 7.89. The Kier molecular flexibility index (Phi) is 5.47. The van der Waals surface area contributed by atoms with Crippen LogP contribution in [0, 0.1) is 6.92 Å². The van der Waals surface area contributed by atoms with Crippen LogP contribution in [0.4, 0.5) is 0 Å². The Morgan fingerprint density at radius 1 is 1.24 bits per heavy atom. The zero-order chi connectivity index (χ0) is 12.7. The van der Waals surface area contributed by atoms with Crippen molar-refractivity contribution in [1.82, 2.24) is 0 Å². The Balaban J connectivity index is 2.43. The third-order valence-electron chi connectivity index (χ3n) is 2.60. The second-order valence-electron chi connectivity index (χ2n) is 4.26. The quantitative estimate of drug-likeness (QED) is 0.320. The molecule has 0 atom stereocenters. The van der Waals surface area contributed by atoms with Gasteiger partial charge >= 0.3 is 5.97 Å². The van der Waals surface area contributed by atoms with E-state index in [0.717, 1.165) is 31.2 Å². The number of aryl methyl sites for hydroxylation is 1. The van der Waals surface area contributed by atoms with E-state index < -0.39 is 0 Å². The molecule has 1 rings (SSSR count). The monoisotopic (exact) mass is 232 g/mol. The molecule has 0 heterocycles. The van der Waals surface area contributed by atoms with Crippen molar-refractivity contribution < 1.29 is 9.53 Å². The van der Waals surface area contributed by atoms with Crippen molar-refractivity contribution in [3.05, 3.63) is 42.0 Å². The Morgan fingerprint density at radius 2 is 1.88 bits per heavy atom. The van der Waals surface area contributed by atoms with Gasteiger partial charge in [0, 0.05) is 5.57 Å². The zero-order valence-corrected chi connectivity index (χ0v) is 10.7. The van der Waals surface area contributed by atoms with Gasteiger partial charge in [-0.25, -0.2) is 4.79 Å². The van der Waals surface area contributed by atoms with Gasteiger partial charge in [0.2, 0.25) is 0 Å². The predicted molar refractivity (Wildman–Crippen MR) is 70.1 cm³/mol. The fourth-order valence-corrected chi connectivity index (χ4v) is 1.48. The van der Waals surface area contributed by atoms with Crippen molar-refractivity contribution in [2.24, 2.45) is 0 Å². The van der Waals surface area contributed by atoms with E-state index in [1.54, 1.807) is 12.1 Å². The summed E-state index contributed by atoms with van der Waals surface area (Å²) in [6.07, 6.45) is 3.98. The van der Waals surface area contributed by atoms with Crippen molar-refractivity contribution in [1.29, 1.82) is 0 Å². The van der Waals surface area contributed by atoms with Crippen LogP contribution in [0.2, 0.25) is 0 Å². The maximum absolute atomic E-state index is 11.7. The number of hydrogen-bond acceptors (Lipinski definition) is 2. The van der Waals surface area contributed by atoms with Crippen molar-refractivity contribution >= 4 is 5.97 Å². The van der Waals surface area contributed by atoms with Crippen LogP contribution in [0.1, 0.15) is 38.2 Å². The van der Waals surface area contributed by atoms with Crippen LogP contribution < -0.4 is 4.74 Å². The van der Waals surface area contributed by atoms with E-state index in [-0.39, 0.29) is 5.97 Å². The molecule has 0 fully saturated rings. The average molecular weight is 232 g/mol. The molecule has 0 saturated heterocycles. The van der Waals surface area contributed by atoms with Gasteiger partial charge in [0.15, 0.2) is 0 Å². The van der Waals surface area contributed by atoms with Gasteiger partial charge in [-0.15, -0.1) is 0 Å². The lowest BCUT2D eigenvalue weighted by Crippen LogP contribution is -2.10. The summed E-state index contributed by atoms with van der Waals surface area (Å²) in [5.74, 6) is 0.266. The van der Waals surface area contributed by atoms with E-state index in [0.29, 0.717) is 11.3 Å². The molecule has 1 aromatic rings. The van der Waals surface area contributed by atoms with Crippen molar-refractivity contribution in [3.63, 3.8) is 0 Å². The molecule has 0 unspecified atom stereocenters. The summed E-state index contributed by atoms with van der Waals surface area (Å²) in [5, 5.41) is 0. The third kappa shape index (κ3) is 4.85. The van der Waals surface area contributed by atoms with Gasteiger partial charge in [-0.2, -0.15) is 0 Å². The van der Waals surface area contributed by atoms with Gasteiger partial charge in [-0.1, -0.05) is 44.0 Å². The smallest absolute Gasteiger partial charge is 0.338 e. The number of unbranched alkanes of at least 4 members (excludes halogenated alkanes) is 2. The number of carbonyl (C=O) groups excluding carboxylic acids is 1. The number of rotatable bonds is 6. The second kappa shape index (κ2) is 6.89. The van der Waals surface area contributed by atoms with Crippen molar-refractivity contribution in [2.45, 2.75) is 39.5 Å². The zero-order valence-electron chi connectivity index (χ0n) is 10.7. The highest BCUT2D eigenvalue weighted by Crippen LogP contribution is 2.15. The number of ether oxygens (including phenoxy) is 1. The second-order valence-corrected chi connectivity index (χ2v) is 4.26. The van der Waals surface area contributed by atoms with Crippen LogP contribution in [0.5, 0.6) is 5.75 Å². The molecule has 0 aliphatic rings. The SMILES string of the molecule is C=C(CCCCC)C(=O)Oc1ccc(C)cc1. The molecular weight excluding hydrogens is 212 g/mol. The molecule has 17 heavy (non-hydrogen) atoms. The minimum absolute atomic E-state index is 0.315. The first-order valence-corrected chi connectivity index (χ1v) is 6.10. The van der Waals surface area contributed by atoms with E-state index in [1.165, 1.54) is 0 Å². The van der Waals surface area contributed by atoms with Crippen LogP contribution >= 0.6 is 0 Å². The third-order valence-corrected chi connectivity index (χ3v) is 2.60. The first-order valence-electron chi connectivity index (χ1n) is 6.10. The molecule has 0 bridgehead atoms. The van der Waals surface area contributed by atoms with Crippen LogP contribution in [0.3, 0.4) is 0 Å². The highest BCUT2D eigenvalue weighted by molar-refractivity contribution is 5.89. The standard InChI is InChI=1S/C15H20O2/c1-4-5-6-7-13(3)15(16)17-14-10-8-12(2)9-11-14/h8-11H,3-7H2,1-2H3. The lowest BCUT2D eigenvalue weighted by molar-refractivity contribution is -0.130. The molecule has 1 aromatic carbocycles. The summed E-state index contributed by atoms with van der Waals surface area (Å²) in [5.41, 5.74) is 1.70. The normalized spacial score (nSPS) is 10.0. The molecule has 2 heteroatoms. The molecule has 2 nitrogen and oxygen atoms in total. The Labute approximate surface area is 103 Å². The summed E-state index contributed by atoms with van der Waals surface area (Å²) in [7, 11) is 0. The Morgan fingerprint density at radius 3 is 2.47 bits per heavy atom. The predicted octanol–water partition coefficient (Wildman–Crippen LogP) is 4.04. The van der Waals surface area contributed by atoms with Gasteiger partial charge in [-0.05, 0) is 31.9 Å². The summed E-state index contributed by atoms with van der Waals surface area (Å²) >= 11 is 0. The number of benzene rings is 1. The minimum Gasteiger partial charge on any atom is -0.423 e. The Bertz CT molecular complexity index is 376. The molecule has 0 amide bonds. The van der Waals surface area contributed by atoms with Crippen LogP contribution in [0.25, 0.3) is 0 Å². The van der Waals surface area contributed by atoms with E-state index in [9.17, 15) is 4.79 Å². The summed E-state index contributed by atoms with van der Waals surface area (Å²) in [6, 6.07) is 7.43. The summed E-state index contributed by atoms with van der Waals surface area (Å²) < 4.78 is 5.22. The minimum atomic E-state index is -0.315. The topological polar surface area (TPSA) is 26.3 Å². The Hall–Kier alpha value is -1.57. The number of carbonyl (C=O) groups is 1. The maximum atomic E-state index is 11.7. The van der Waals surface area contributed by atoms with Crippen LogP contribution in [-0.4, -0.2) is 5.97 Å². The number of hydrogen-bond donors (Lipinski definition) is 0. The fourth-order valence-electron chi connectivity index (χ4n) is 1.48. The molecule has 0 saturated carbocycles. The van der Waals surface area contributed by atoms with Gasteiger partial charge in [0.25, 0.3) is 0 Å². The van der Waals surface area contributed by atoms with E-state index >= 15 is 0 Å². The van der Waals surface area contributed by atoms with Crippen LogP contribution in [0.15, 0.2) is 36.4 Å². The molecule has 0 radical (unpaired) electrons. The van der Waals surface area contributed by atoms with Gasteiger partial charge in [0.05, 0.1) is 0 Å². The van der Waals surface area contributed by atoms with E-state index in [4.69, 9.17) is 4.74 Å². The highest BCUT2D eigenvalue weighted by Gasteiger charge is 2.09. The maximum Gasteiger partial charge on any atom is 0.338 e. The van der Waals surface area contributed by atoms with Crippen molar-refractivity contribution in [3.8, 4) is 5.75 Å². The fraction of sp³-hybridized carbons (Fsp3) is 0.400. The van der Waals surface area contributed by atoms with Gasteiger partial charge < -0.3 is 4.74 Å². The van der Waals surface area contributed by atoms with E-state index in [1.807, 2.05) is 19.1 Å². The summed E-state index contributed by atoms with van der Waals surface area (Å²) in [4.78, 5) is 11.7. The molecule has 0 aromatic heterocycles. The first kappa shape index (κ1) is 13.5. The molecule has 0 spiro atoms. The lowest BCUT2D eigenvalue weighted by Gasteiger charge is -2.06. The van der Waals surface area contributed by atoms with Gasteiger partial charge in [0.1, 0.15) is 5.75 Å². The molecule has 0 N–H and O–H groups in total. The first-order chi connectivity index (χ1) is 8.13. The lowest BCUT2D eigenvalue weighted by atomic mass is 10.1. The van der Waals surface area contributed by atoms with Crippen molar-refractivity contribution in [2.75, 3.05) is 0 Å². The van der Waals surface area contributed by atoms with Gasteiger partial charge in [-0.3, -0.25) is 0 Å². The largest absolute Gasteiger partial charge is 0.423 e. The highest BCUT2D eigenvalue weighted by atomic mass is 16.5. The molecule has 92 valence electrons. The van der Waals surface area contributed by atoms with E-state index in [2.05, 4.69) is 13.5 Å². The average Bonchev–Trinajstić information content (AvgIpc) is 2.32. The number of esters is 1. The molecular formula is C15H20O2. The molecule has 0 aliphatic carbocycles. The molecule has 0 aliphatic heterocycles.